The van der Waals surface area contributed by atoms with E-state index in [0.717, 1.165) is 24.6 Å². The molecule has 3 rings (SSSR count). The molecule has 1 aliphatic carbocycles. The zero-order valence-corrected chi connectivity index (χ0v) is 16.2. The molecule has 0 unspecified atom stereocenters. The van der Waals surface area contributed by atoms with Crippen LogP contribution in [0.3, 0.4) is 0 Å². The van der Waals surface area contributed by atoms with E-state index in [1.165, 1.54) is 48.5 Å². The van der Waals surface area contributed by atoms with Crippen LogP contribution in [0.2, 0.25) is 5.02 Å². The average Bonchev–Trinajstić information content (AvgIpc) is 2.99. The molecule has 0 saturated heterocycles. The Morgan fingerprint density at radius 3 is 2.88 bits per heavy atom. The van der Waals surface area contributed by atoms with E-state index in [1.807, 2.05) is 0 Å². The van der Waals surface area contributed by atoms with Crippen LogP contribution in [-0.4, -0.2) is 26.5 Å². The van der Waals surface area contributed by atoms with Gasteiger partial charge in [-0.05, 0) is 30.5 Å². The van der Waals surface area contributed by atoms with Crippen molar-refractivity contribution in [3.63, 3.8) is 0 Å². The standard InChI is InChI=1S/C18H24ClN5OS/c19-14-7-4-8-15(11-14)21-17(25)12-26-18-23-22-16(24(18)20)10-9-13-5-2-1-3-6-13/h4,7-8,11,13H,1-3,5-6,9-10,12,20H2,(H,21,25). The van der Waals surface area contributed by atoms with E-state index in [-0.39, 0.29) is 11.7 Å². The van der Waals surface area contributed by atoms with Crippen LogP contribution in [0.15, 0.2) is 29.4 Å². The van der Waals surface area contributed by atoms with Gasteiger partial charge in [-0.2, -0.15) is 0 Å². The summed E-state index contributed by atoms with van der Waals surface area (Å²) >= 11 is 7.20. The second kappa shape index (κ2) is 9.28. The number of aromatic nitrogens is 3. The quantitative estimate of drug-likeness (QED) is 0.550. The summed E-state index contributed by atoms with van der Waals surface area (Å²) in [6, 6.07) is 7.06. The minimum absolute atomic E-state index is 0.135. The lowest BCUT2D eigenvalue weighted by Gasteiger charge is -2.20. The number of nitrogen functional groups attached to an aromatic ring is 1. The Balaban J connectivity index is 1.47. The Bertz CT molecular complexity index is 745. The smallest absolute Gasteiger partial charge is 0.234 e. The van der Waals surface area contributed by atoms with Crippen LogP contribution in [0.5, 0.6) is 0 Å². The number of nitrogens with one attached hydrogen (secondary N) is 1. The molecule has 0 radical (unpaired) electrons. The topological polar surface area (TPSA) is 85.8 Å². The summed E-state index contributed by atoms with van der Waals surface area (Å²) in [6.45, 7) is 0. The van der Waals surface area contributed by atoms with Crippen molar-refractivity contribution in [1.82, 2.24) is 14.9 Å². The molecule has 2 aromatic rings. The van der Waals surface area contributed by atoms with Crippen LogP contribution < -0.4 is 11.2 Å². The first kappa shape index (κ1) is 19.0. The van der Waals surface area contributed by atoms with Crippen molar-refractivity contribution in [2.45, 2.75) is 50.1 Å². The van der Waals surface area contributed by atoms with E-state index >= 15 is 0 Å². The summed E-state index contributed by atoms with van der Waals surface area (Å²) < 4.78 is 1.51. The number of carbonyl (C=O) groups excluding carboxylic acids is 1. The maximum atomic E-state index is 12.1. The molecule has 0 atom stereocenters. The van der Waals surface area contributed by atoms with Gasteiger partial charge in [0.2, 0.25) is 11.1 Å². The molecule has 1 heterocycles. The molecule has 1 amide bonds. The molecule has 1 aromatic carbocycles. The number of hydrogen-bond acceptors (Lipinski definition) is 5. The third-order valence-corrected chi connectivity index (χ3v) is 5.85. The van der Waals surface area contributed by atoms with Gasteiger partial charge in [-0.1, -0.05) is 61.5 Å². The van der Waals surface area contributed by atoms with Crippen molar-refractivity contribution < 1.29 is 4.79 Å². The monoisotopic (exact) mass is 393 g/mol. The molecule has 1 saturated carbocycles. The van der Waals surface area contributed by atoms with Gasteiger partial charge in [0.1, 0.15) is 0 Å². The molecule has 0 spiro atoms. The van der Waals surface area contributed by atoms with E-state index in [4.69, 9.17) is 17.4 Å². The van der Waals surface area contributed by atoms with E-state index in [1.54, 1.807) is 24.3 Å². The van der Waals surface area contributed by atoms with E-state index < -0.39 is 0 Å². The number of hydrogen-bond donors (Lipinski definition) is 2. The minimum atomic E-state index is -0.135. The Morgan fingerprint density at radius 2 is 2.12 bits per heavy atom. The normalized spacial score (nSPS) is 15.1. The number of amides is 1. The van der Waals surface area contributed by atoms with Gasteiger partial charge in [-0.25, -0.2) is 4.68 Å². The van der Waals surface area contributed by atoms with Crippen LogP contribution in [0, 0.1) is 5.92 Å². The maximum Gasteiger partial charge on any atom is 0.234 e. The second-order valence-corrected chi connectivity index (χ2v) is 8.04. The molecule has 0 bridgehead atoms. The minimum Gasteiger partial charge on any atom is -0.336 e. The summed E-state index contributed by atoms with van der Waals surface area (Å²) in [5.41, 5.74) is 0.672. The van der Waals surface area contributed by atoms with Crippen molar-refractivity contribution >= 4 is 35.0 Å². The van der Waals surface area contributed by atoms with Crippen LogP contribution >= 0.6 is 23.4 Å². The highest BCUT2D eigenvalue weighted by molar-refractivity contribution is 7.99. The molecule has 3 N–H and O–H groups in total. The van der Waals surface area contributed by atoms with Crippen LogP contribution in [0.1, 0.15) is 44.3 Å². The first-order valence-corrected chi connectivity index (χ1v) is 10.4. The molecule has 8 heteroatoms. The largest absolute Gasteiger partial charge is 0.336 e. The number of halogens is 1. The molecule has 26 heavy (non-hydrogen) atoms. The zero-order valence-electron chi connectivity index (χ0n) is 14.7. The highest BCUT2D eigenvalue weighted by Gasteiger charge is 2.17. The number of benzene rings is 1. The average molecular weight is 394 g/mol. The molecule has 1 aromatic heterocycles. The molecule has 0 aliphatic heterocycles. The summed E-state index contributed by atoms with van der Waals surface area (Å²) in [5.74, 6) is 7.74. The Labute approximate surface area is 162 Å². The summed E-state index contributed by atoms with van der Waals surface area (Å²) in [6.07, 6.45) is 8.60. The van der Waals surface area contributed by atoms with Gasteiger partial charge in [0.15, 0.2) is 5.82 Å². The van der Waals surface area contributed by atoms with Crippen molar-refractivity contribution in [3.8, 4) is 0 Å². The van der Waals surface area contributed by atoms with Crippen molar-refractivity contribution in [1.29, 1.82) is 0 Å². The van der Waals surface area contributed by atoms with Crippen LogP contribution in [-0.2, 0) is 11.2 Å². The Kier molecular flexibility index (Phi) is 6.80. The van der Waals surface area contributed by atoms with Gasteiger partial charge in [0, 0.05) is 17.1 Å². The van der Waals surface area contributed by atoms with Gasteiger partial charge in [0.25, 0.3) is 0 Å². The van der Waals surface area contributed by atoms with Gasteiger partial charge in [-0.3, -0.25) is 4.79 Å². The SMILES string of the molecule is Nn1c(CCC2CCCCC2)nnc1SCC(=O)Nc1cccc(Cl)c1. The lowest BCUT2D eigenvalue weighted by molar-refractivity contribution is -0.113. The molecular formula is C18H24ClN5OS. The number of anilines is 1. The van der Waals surface area contributed by atoms with Gasteiger partial charge in [-0.15, -0.1) is 10.2 Å². The second-order valence-electron chi connectivity index (χ2n) is 6.66. The predicted octanol–water partition coefficient (Wildman–Crippen LogP) is 3.89. The number of carbonyl (C=O) groups is 1. The lowest BCUT2D eigenvalue weighted by atomic mass is 9.86. The Morgan fingerprint density at radius 1 is 1.31 bits per heavy atom. The van der Waals surface area contributed by atoms with Gasteiger partial charge in [0.05, 0.1) is 5.75 Å². The fourth-order valence-electron chi connectivity index (χ4n) is 3.28. The van der Waals surface area contributed by atoms with Gasteiger partial charge >= 0.3 is 0 Å². The fraction of sp³-hybridized carbons (Fsp3) is 0.500. The Hall–Kier alpha value is -1.73. The zero-order chi connectivity index (χ0) is 18.4. The number of rotatable bonds is 7. The molecule has 6 nitrogen and oxygen atoms in total. The van der Waals surface area contributed by atoms with E-state index in [2.05, 4.69) is 15.5 Å². The number of thioether (sulfide) groups is 1. The van der Waals surface area contributed by atoms with Gasteiger partial charge < -0.3 is 11.2 Å². The highest BCUT2D eigenvalue weighted by atomic mass is 35.5. The van der Waals surface area contributed by atoms with Crippen molar-refractivity contribution in [2.75, 3.05) is 16.9 Å². The summed E-state index contributed by atoms with van der Waals surface area (Å²) in [7, 11) is 0. The first-order valence-electron chi connectivity index (χ1n) is 8.99. The number of nitrogens with two attached hydrogens (primary N) is 1. The van der Waals surface area contributed by atoms with Crippen molar-refractivity contribution in [3.05, 3.63) is 35.1 Å². The summed E-state index contributed by atoms with van der Waals surface area (Å²) in [4.78, 5) is 12.1. The lowest BCUT2D eigenvalue weighted by Crippen LogP contribution is -2.18. The first-order chi connectivity index (χ1) is 12.6. The van der Waals surface area contributed by atoms with E-state index in [9.17, 15) is 4.79 Å². The third kappa shape index (κ3) is 5.38. The number of aryl methyl sites for hydroxylation is 1. The molecule has 1 fully saturated rings. The van der Waals surface area contributed by atoms with Crippen LogP contribution in [0.4, 0.5) is 5.69 Å². The number of nitrogens with zero attached hydrogens (tertiary/aromatic N) is 3. The van der Waals surface area contributed by atoms with Crippen LogP contribution in [0.25, 0.3) is 0 Å². The maximum absolute atomic E-state index is 12.1. The molecular weight excluding hydrogens is 370 g/mol. The molecule has 140 valence electrons. The van der Waals surface area contributed by atoms with E-state index in [0.29, 0.717) is 15.9 Å². The molecule has 1 aliphatic rings. The third-order valence-electron chi connectivity index (χ3n) is 4.68. The summed E-state index contributed by atoms with van der Waals surface area (Å²) in [5, 5.41) is 12.3. The fourth-order valence-corrected chi connectivity index (χ4v) is 4.14. The van der Waals surface area contributed by atoms with Crippen molar-refractivity contribution in [2.24, 2.45) is 5.92 Å². The highest BCUT2D eigenvalue weighted by Crippen LogP contribution is 2.27. The predicted molar refractivity (Wildman–Crippen MR) is 106 cm³/mol.